The van der Waals surface area contributed by atoms with E-state index in [1.807, 2.05) is 58.0 Å². The highest BCUT2D eigenvalue weighted by Crippen LogP contribution is 2.10. The van der Waals surface area contributed by atoms with Crippen molar-refractivity contribution >= 4 is 11.9 Å². The maximum absolute atomic E-state index is 12.2. The normalized spacial score (nSPS) is 10.9. The number of rotatable bonds is 6. The SMILES string of the molecule is CC(C)N(C(=O)COC(=O)c1cnn(-c2ccccc2)c1)C(C)C. The standard InChI is InChI=1S/C18H23N3O3/c1-13(2)21(14(3)4)17(22)12-24-18(23)15-10-19-20(11-15)16-8-6-5-7-9-16/h5-11,13-14H,12H2,1-4H3. The van der Waals surface area contributed by atoms with E-state index in [1.54, 1.807) is 15.8 Å². The summed E-state index contributed by atoms with van der Waals surface area (Å²) in [6, 6.07) is 9.56. The summed E-state index contributed by atoms with van der Waals surface area (Å²) in [6.07, 6.45) is 3.02. The number of amides is 1. The van der Waals surface area contributed by atoms with Crippen LogP contribution in [0.3, 0.4) is 0 Å². The van der Waals surface area contributed by atoms with Gasteiger partial charge in [-0.3, -0.25) is 4.79 Å². The van der Waals surface area contributed by atoms with E-state index in [0.29, 0.717) is 5.56 Å². The molecule has 6 nitrogen and oxygen atoms in total. The van der Waals surface area contributed by atoms with Gasteiger partial charge in [-0.05, 0) is 39.8 Å². The molecular weight excluding hydrogens is 306 g/mol. The molecule has 6 heteroatoms. The van der Waals surface area contributed by atoms with Crippen LogP contribution in [0.2, 0.25) is 0 Å². The average molecular weight is 329 g/mol. The molecule has 1 amide bonds. The number of benzene rings is 1. The Morgan fingerprint density at radius 3 is 2.33 bits per heavy atom. The summed E-state index contributed by atoms with van der Waals surface area (Å²) in [5.74, 6) is -0.762. The number of carbonyl (C=O) groups excluding carboxylic acids is 2. The van der Waals surface area contributed by atoms with Crippen molar-refractivity contribution in [2.45, 2.75) is 39.8 Å². The Balaban J connectivity index is 1.98. The van der Waals surface area contributed by atoms with Crippen LogP contribution in [-0.4, -0.2) is 45.2 Å². The third kappa shape index (κ3) is 4.22. The molecule has 0 aliphatic carbocycles. The first-order valence-electron chi connectivity index (χ1n) is 7.98. The lowest BCUT2D eigenvalue weighted by molar-refractivity contribution is -0.138. The van der Waals surface area contributed by atoms with Gasteiger partial charge in [-0.1, -0.05) is 18.2 Å². The van der Waals surface area contributed by atoms with E-state index in [-0.39, 0.29) is 24.6 Å². The number of para-hydroxylation sites is 1. The molecule has 1 aromatic heterocycles. The summed E-state index contributed by atoms with van der Waals surface area (Å²) in [6.45, 7) is 7.46. The lowest BCUT2D eigenvalue weighted by Gasteiger charge is -2.30. The van der Waals surface area contributed by atoms with E-state index in [1.165, 1.54) is 6.20 Å². The van der Waals surface area contributed by atoms with Crippen LogP contribution < -0.4 is 0 Å². The van der Waals surface area contributed by atoms with Crippen LogP contribution in [0, 0.1) is 0 Å². The molecule has 0 atom stereocenters. The van der Waals surface area contributed by atoms with E-state index in [4.69, 9.17) is 4.74 Å². The minimum atomic E-state index is -0.557. The van der Waals surface area contributed by atoms with Crippen molar-refractivity contribution in [1.29, 1.82) is 0 Å². The van der Waals surface area contributed by atoms with Gasteiger partial charge in [0.15, 0.2) is 6.61 Å². The monoisotopic (exact) mass is 329 g/mol. The fraction of sp³-hybridized carbons (Fsp3) is 0.389. The van der Waals surface area contributed by atoms with Gasteiger partial charge in [0, 0.05) is 18.3 Å². The Morgan fingerprint density at radius 2 is 1.75 bits per heavy atom. The third-order valence-electron chi connectivity index (χ3n) is 3.57. The lowest BCUT2D eigenvalue weighted by Crippen LogP contribution is -2.44. The molecule has 24 heavy (non-hydrogen) atoms. The zero-order valence-corrected chi connectivity index (χ0v) is 14.5. The molecule has 0 unspecified atom stereocenters. The number of ether oxygens (including phenoxy) is 1. The Hall–Kier alpha value is -2.63. The Kier molecular flexibility index (Phi) is 5.73. The number of carbonyl (C=O) groups is 2. The van der Waals surface area contributed by atoms with E-state index >= 15 is 0 Å². The molecule has 1 aromatic carbocycles. The van der Waals surface area contributed by atoms with Crippen molar-refractivity contribution in [1.82, 2.24) is 14.7 Å². The molecule has 2 aromatic rings. The maximum atomic E-state index is 12.2. The predicted octanol–water partition coefficient (Wildman–Crippen LogP) is 2.67. The van der Waals surface area contributed by atoms with Crippen molar-refractivity contribution in [2.24, 2.45) is 0 Å². The molecule has 2 rings (SSSR count). The highest BCUT2D eigenvalue weighted by molar-refractivity contribution is 5.91. The summed E-state index contributed by atoms with van der Waals surface area (Å²) >= 11 is 0. The molecule has 0 radical (unpaired) electrons. The van der Waals surface area contributed by atoms with E-state index in [0.717, 1.165) is 5.69 Å². The van der Waals surface area contributed by atoms with Gasteiger partial charge in [-0.25, -0.2) is 9.48 Å². The molecule has 0 aliphatic rings. The van der Waals surface area contributed by atoms with Gasteiger partial charge in [0.25, 0.3) is 5.91 Å². The van der Waals surface area contributed by atoms with Gasteiger partial charge in [-0.15, -0.1) is 0 Å². The molecule has 0 spiro atoms. The van der Waals surface area contributed by atoms with Crippen LogP contribution in [0.4, 0.5) is 0 Å². The van der Waals surface area contributed by atoms with Crippen LogP contribution >= 0.6 is 0 Å². The summed E-state index contributed by atoms with van der Waals surface area (Å²) in [5, 5.41) is 4.15. The van der Waals surface area contributed by atoms with Crippen LogP contribution in [-0.2, 0) is 9.53 Å². The highest BCUT2D eigenvalue weighted by atomic mass is 16.5. The van der Waals surface area contributed by atoms with E-state index < -0.39 is 5.97 Å². The number of esters is 1. The number of hydrogen-bond acceptors (Lipinski definition) is 4. The minimum Gasteiger partial charge on any atom is -0.452 e. The maximum Gasteiger partial charge on any atom is 0.341 e. The fourth-order valence-corrected chi connectivity index (χ4v) is 2.61. The molecule has 0 saturated carbocycles. The highest BCUT2D eigenvalue weighted by Gasteiger charge is 2.22. The molecule has 0 bridgehead atoms. The van der Waals surface area contributed by atoms with Crippen molar-refractivity contribution in [2.75, 3.05) is 6.61 Å². The van der Waals surface area contributed by atoms with Gasteiger partial charge in [0.05, 0.1) is 17.4 Å². The second kappa shape index (κ2) is 7.77. The Labute approximate surface area is 142 Å². The zero-order valence-electron chi connectivity index (χ0n) is 14.5. The average Bonchev–Trinajstić information content (AvgIpc) is 3.03. The van der Waals surface area contributed by atoms with Crippen LogP contribution in [0.15, 0.2) is 42.7 Å². The first-order valence-corrected chi connectivity index (χ1v) is 7.98. The van der Waals surface area contributed by atoms with Gasteiger partial charge >= 0.3 is 5.97 Å². The molecular formula is C18H23N3O3. The first kappa shape index (κ1) is 17.7. The van der Waals surface area contributed by atoms with Crippen LogP contribution in [0.1, 0.15) is 38.1 Å². The fourth-order valence-electron chi connectivity index (χ4n) is 2.61. The minimum absolute atomic E-state index is 0.0528. The second-order valence-corrected chi connectivity index (χ2v) is 6.07. The lowest BCUT2D eigenvalue weighted by atomic mass is 10.2. The van der Waals surface area contributed by atoms with E-state index in [2.05, 4.69) is 5.10 Å². The third-order valence-corrected chi connectivity index (χ3v) is 3.57. The molecule has 0 saturated heterocycles. The van der Waals surface area contributed by atoms with Crippen molar-refractivity contribution < 1.29 is 14.3 Å². The molecule has 0 aliphatic heterocycles. The summed E-state index contributed by atoms with van der Waals surface area (Å²) in [4.78, 5) is 26.0. The van der Waals surface area contributed by atoms with Gasteiger partial charge in [-0.2, -0.15) is 5.10 Å². The first-order chi connectivity index (χ1) is 11.4. The van der Waals surface area contributed by atoms with Crippen molar-refractivity contribution in [3.05, 3.63) is 48.3 Å². The summed E-state index contributed by atoms with van der Waals surface area (Å²) in [7, 11) is 0. The van der Waals surface area contributed by atoms with Gasteiger partial charge in [0.2, 0.25) is 0 Å². The predicted molar refractivity (Wildman–Crippen MR) is 91.0 cm³/mol. The zero-order chi connectivity index (χ0) is 17.7. The number of aromatic nitrogens is 2. The Bertz CT molecular complexity index is 685. The molecule has 0 fully saturated rings. The smallest absolute Gasteiger partial charge is 0.341 e. The molecule has 0 N–H and O–H groups in total. The van der Waals surface area contributed by atoms with Gasteiger partial charge in [0.1, 0.15) is 0 Å². The molecule has 128 valence electrons. The number of nitrogens with zero attached hydrogens (tertiary/aromatic N) is 3. The topological polar surface area (TPSA) is 64.4 Å². The second-order valence-electron chi connectivity index (χ2n) is 6.07. The largest absolute Gasteiger partial charge is 0.452 e. The summed E-state index contributed by atoms with van der Waals surface area (Å²) in [5.41, 5.74) is 1.16. The number of hydrogen-bond donors (Lipinski definition) is 0. The quantitative estimate of drug-likeness (QED) is 0.764. The van der Waals surface area contributed by atoms with Gasteiger partial charge < -0.3 is 9.64 Å². The summed E-state index contributed by atoms with van der Waals surface area (Å²) < 4.78 is 6.73. The Morgan fingerprint density at radius 1 is 1.12 bits per heavy atom. The van der Waals surface area contributed by atoms with Crippen LogP contribution in [0.5, 0.6) is 0 Å². The van der Waals surface area contributed by atoms with Crippen molar-refractivity contribution in [3.8, 4) is 5.69 Å². The van der Waals surface area contributed by atoms with Crippen molar-refractivity contribution in [3.63, 3.8) is 0 Å². The molecule has 1 heterocycles. The van der Waals surface area contributed by atoms with Crippen LogP contribution in [0.25, 0.3) is 5.69 Å². The van der Waals surface area contributed by atoms with E-state index in [9.17, 15) is 9.59 Å².